The molecule has 1 saturated heterocycles. The molecule has 0 saturated carbocycles. The Morgan fingerprint density at radius 2 is 0.848 bits per heavy atom. The van der Waals surface area contributed by atoms with E-state index in [0.717, 1.165) is 116 Å². The van der Waals surface area contributed by atoms with Crippen molar-refractivity contribution in [1.29, 1.82) is 0 Å². The van der Waals surface area contributed by atoms with E-state index in [1.54, 1.807) is 6.08 Å². The van der Waals surface area contributed by atoms with Gasteiger partial charge in [-0.05, 0) is 116 Å². The lowest BCUT2D eigenvalue weighted by Gasteiger charge is -2.40. The number of aliphatic carboxylic acids is 1. The second-order valence-corrected chi connectivity index (χ2v) is 19.5. The number of carboxylic acids is 1. The molecule has 1 aliphatic heterocycles. The topological polar surface area (TPSA) is 175 Å². The molecular formula is C67H102O12. The molecule has 0 spiro atoms. The zero-order valence-corrected chi connectivity index (χ0v) is 48.5. The van der Waals surface area contributed by atoms with Crippen molar-refractivity contribution in [1.82, 2.24) is 0 Å². The van der Waals surface area contributed by atoms with Gasteiger partial charge in [0.05, 0.1) is 13.0 Å². The zero-order chi connectivity index (χ0) is 57.5. The number of aliphatic hydroxyl groups is 2. The Labute approximate surface area is 476 Å². The molecule has 0 aromatic rings. The van der Waals surface area contributed by atoms with Gasteiger partial charge in [0.2, 0.25) is 0 Å². The Balaban J connectivity index is 2.79. The van der Waals surface area contributed by atoms with Crippen LogP contribution in [0.3, 0.4) is 0 Å². The van der Waals surface area contributed by atoms with Crippen LogP contribution in [-0.2, 0) is 42.9 Å². The van der Waals surface area contributed by atoms with E-state index in [2.05, 4.69) is 130 Å². The largest absolute Gasteiger partial charge is 0.479 e. The predicted molar refractivity (Wildman–Crippen MR) is 321 cm³/mol. The number of carboxylic acid groups (broad SMARTS) is 1. The van der Waals surface area contributed by atoms with Crippen molar-refractivity contribution in [2.45, 2.75) is 237 Å². The lowest BCUT2D eigenvalue weighted by Crippen LogP contribution is -2.61. The maximum absolute atomic E-state index is 13.1. The summed E-state index contributed by atoms with van der Waals surface area (Å²) in [7, 11) is 0. The standard InChI is InChI=1S/C67H102O12/c1-4-7-10-13-16-19-22-25-28-30-33-35-38-41-44-47-50-53-59(68)75-56-58(77-60(69)54-51-48-45-42-39-36-32-27-24-21-18-15-12-9-6-3)57-76-67-65(63(72)62(71)64(79-67)66(73)74)78-61(70)55-52-49-46-43-40-37-34-31-29-26-23-20-17-14-11-8-5-2/h7,9-10,12,16-21,25-29,32-33,35,39,41-42,44,48,51,58,62-65,67,71-72H,4-6,8,11,13-15,22-24,30-31,34,36-38,40,43,45-47,49-50,52-57H2,1-3H3,(H,73,74)/b10-7-,12-9-,19-16-,20-17-,21-18-,28-25-,29-26-,32-27-,35-33-,42-39-,44-41-,51-48-. The molecule has 12 heteroatoms. The van der Waals surface area contributed by atoms with Crippen molar-refractivity contribution in [3.63, 3.8) is 0 Å². The lowest BCUT2D eigenvalue weighted by atomic mass is 9.98. The zero-order valence-electron chi connectivity index (χ0n) is 48.5. The Morgan fingerprint density at radius 3 is 1.32 bits per heavy atom. The van der Waals surface area contributed by atoms with Gasteiger partial charge in [-0.2, -0.15) is 0 Å². The second kappa shape index (κ2) is 53.3. The summed E-state index contributed by atoms with van der Waals surface area (Å²) in [6.45, 7) is 5.59. The summed E-state index contributed by atoms with van der Waals surface area (Å²) in [5, 5.41) is 31.5. The first-order chi connectivity index (χ1) is 38.6. The van der Waals surface area contributed by atoms with Gasteiger partial charge in [0, 0.05) is 12.8 Å². The van der Waals surface area contributed by atoms with E-state index in [9.17, 15) is 34.5 Å². The van der Waals surface area contributed by atoms with Crippen molar-refractivity contribution in [3.8, 4) is 0 Å². The minimum Gasteiger partial charge on any atom is -0.479 e. The third-order valence-electron chi connectivity index (χ3n) is 12.4. The third-order valence-corrected chi connectivity index (χ3v) is 12.4. The number of carbonyl (C=O) groups is 4. The fourth-order valence-electron chi connectivity index (χ4n) is 7.92. The molecule has 79 heavy (non-hydrogen) atoms. The normalized spacial score (nSPS) is 18.9. The van der Waals surface area contributed by atoms with Gasteiger partial charge in [0.1, 0.15) is 18.8 Å². The van der Waals surface area contributed by atoms with E-state index in [4.69, 9.17) is 23.7 Å². The Kier molecular flexibility index (Phi) is 48.3. The Bertz CT molecular complexity index is 1930. The summed E-state index contributed by atoms with van der Waals surface area (Å²) in [4.78, 5) is 51.1. The van der Waals surface area contributed by atoms with E-state index in [1.165, 1.54) is 19.3 Å². The summed E-state index contributed by atoms with van der Waals surface area (Å²) in [6, 6.07) is 0. The molecule has 1 fully saturated rings. The molecule has 0 aromatic carbocycles. The van der Waals surface area contributed by atoms with Crippen molar-refractivity contribution < 1.29 is 58.2 Å². The summed E-state index contributed by atoms with van der Waals surface area (Å²) < 4.78 is 28.2. The van der Waals surface area contributed by atoms with Crippen LogP contribution in [0.1, 0.15) is 201 Å². The summed E-state index contributed by atoms with van der Waals surface area (Å²) in [5.41, 5.74) is 0. The maximum Gasteiger partial charge on any atom is 0.335 e. The number of allylic oxidation sites excluding steroid dienone is 23. The fourth-order valence-corrected chi connectivity index (χ4v) is 7.92. The lowest BCUT2D eigenvalue weighted by molar-refractivity contribution is -0.301. The van der Waals surface area contributed by atoms with Crippen molar-refractivity contribution in [2.75, 3.05) is 13.2 Å². The van der Waals surface area contributed by atoms with Gasteiger partial charge in [-0.3, -0.25) is 14.4 Å². The SMILES string of the molecule is CC/C=C\C/C=C\C/C=C\C/C=C\C/C=C\CCCC(=O)OCC(COC1OC(C(=O)O)C(O)C(O)C1OC(=O)CCCCCCCCC/C=C\C/C=C\CCCCC)OC(=O)C/C=C\C/C=C\C/C=C\C/C=C\C/C=C\CC. The highest BCUT2D eigenvalue weighted by molar-refractivity contribution is 5.74. The van der Waals surface area contributed by atoms with E-state index >= 15 is 0 Å². The smallest absolute Gasteiger partial charge is 0.335 e. The molecule has 1 aliphatic rings. The van der Waals surface area contributed by atoms with E-state index in [-0.39, 0.29) is 19.3 Å². The number of hydrogen-bond acceptors (Lipinski definition) is 11. The molecule has 3 N–H and O–H groups in total. The molecular weight excluding hydrogens is 997 g/mol. The number of rotatable bonds is 48. The predicted octanol–water partition coefficient (Wildman–Crippen LogP) is 15.6. The molecule has 6 atom stereocenters. The van der Waals surface area contributed by atoms with Gasteiger partial charge in [-0.15, -0.1) is 0 Å². The van der Waals surface area contributed by atoms with Gasteiger partial charge in [-0.25, -0.2) is 4.79 Å². The number of unbranched alkanes of at least 4 members (excludes halogenated alkanes) is 11. The summed E-state index contributed by atoms with van der Waals surface area (Å²) in [6.07, 6.45) is 64.2. The van der Waals surface area contributed by atoms with Crippen LogP contribution in [0.2, 0.25) is 0 Å². The first-order valence-corrected chi connectivity index (χ1v) is 29.8. The average molecular weight is 1100 g/mol. The minimum atomic E-state index is -1.93. The average Bonchev–Trinajstić information content (AvgIpc) is 3.47. The molecule has 0 radical (unpaired) electrons. The maximum atomic E-state index is 13.1. The molecule has 0 amide bonds. The number of ether oxygens (including phenoxy) is 5. The van der Waals surface area contributed by atoms with Crippen LogP contribution < -0.4 is 0 Å². The van der Waals surface area contributed by atoms with Crippen molar-refractivity contribution in [3.05, 3.63) is 146 Å². The monoisotopic (exact) mass is 1100 g/mol. The molecule has 12 nitrogen and oxygen atoms in total. The number of carbonyl (C=O) groups excluding carboxylic acids is 3. The first-order valence-electron chi connectivity index (χ1n) is 29.8. The van der Waals surface area contributed by atoms with Gasteiger partial charge >= 0.3 is 23.9 Å². The third kappa shape index (κ3) is 43.1. The Hall–Kier alpha value is -5.40. The van der Waals surface area contributed by atoms with Crippen LogP contribution in [0.5, 0.6) is 0 Å². The molecule has 1 heterocycles. The summed E-state index contributed by atoms with van der Waals surface area (Å²) in [5.74, 6) is -3.40. The van der Waals surface area contributed by atoms with Crippen LogP contribution in [0.4, 0.5) is 0 Å². The molecule has 0 bridgehead atoms. The molecule has 1 rings (SSSR count). The van der Waals surface area contributed by atoms with Crippen LogP contribution >= 0.6 is 0 Å². The second-order valence-electron chi connectivity index (χ2n) is 19.5. The van der Waals surface area contributed by atoms with Crippen LogP contribution in [0.25, 0.3) is 0 Å². The molecule has 442 valence electrons. The van der Waals surface area contributed by atoms with E-state index in [0.29, 0.717) is 25.7 Å². The van der Waals surface area contributed by atoms with E-state index < -0.39 is 73.9 Å². The van der Waals surface area contributed by atoms with Crippen LogP contribution in [0.15, 0.2) is 146 Å². The number of aliphatic hydroxyl groups excluding tert-OH is 2. The minimum absolute atomic E-state index is 0.0271. The highest BCUT2D eigenvalue weighted by atomic mass is 16.7. The van der Waals surface area contributed by atoms with Crippen LogP contribution in [0, 0.1) is 0 Å². The van der Waals surface area contributed by atoms with Crippen molar-refractivity contribution >= 4 is 23.9 Å². The molecule has 0 aliphatic carbocycles. The Morgan fingerprint density at radius 1 is 0.443 bits per heavy atom. The highest BCUT2D eigenvalue weighted by Gasteiger charge is 2.50. The quantitative estimate of drug-likeness (QED) is 0.0228. The van der Waals surface area contributed by atoms with Crippen LogP contribution in [-0.4, -0.2) is 89.2 Å². The van der Waals surface area contributed by atoms with Gasteiger partial charge in [0.25, 0.3) is 0 Å². The molecule has 0 aromatic heterocycles. The van der Waals surface area contributed by atoms with Gasteiger partial charge in [0.15, 0.2) is 24.6 Å². The molecule has 6 unspecified atom stereocenters. The number of hydrogen-bond donors (Lipinski definition) is 3. The van der Waals surface area contributed by atoms with Crippen molar-refractivity contribution in [2.24, 2.45) is 0 Å². The highest BCUT2D eigenvalue weighted by Crippen LogP contribution is 2.26. The fraction of sp³-hybridized carbons (Fsp3) is 0.582. The van der Waals surface area contributed by atoms with Gasteiger partial charge < -0.3 is 39.0 Å². The van der Waals surface area contributed by atoms with E-state index in [1.807, 2.05) is 30.4 Å². The first kappa shape index (κ1) is 71.6. The van der Waals surface area contributed by atoms with Gasteiger partial charge in [-0.1, -0.05) is 212 Å². The number of esters is 3. The summed E-state index contributed by atoms with van der Waals surface area (Å²) >= 11 is 0.